The van der Waals surface area contributed by atoms with E-state index in [1.165, 1.54) is 0 Å². The molecule has 2 aromatic carbocycles. The lowest BCUT2D eigenvalue weighted by Crippen LogP contribution is -2.10. The molecule has 0 atom stereocenters. The van der Waals surface area contributed by atoms with Crippen molar-refractivity contribution in [2.75, 3.05) is 0 Å². The van der Waals surface area contributed by atoms with E-state index >= 15 is 0 Å². The molecule has 3 rings (SSSR count). The zero-order valence-corrected chi connectivity index (χ0v) is 13.6. The molecule has 0 aliphatic heterocycles. The van der Waals surface area contributed by atoms with Gasteiger partial charge in [-0.3, -0.25) is 5.41 Å². The number of nitrogen functional groups attached to an aromatic ring is 1. The average molecular weight is 343 g/mol. The summed E-state index contributed by atoms with van der Waals surface area (Å²) < 4.78 is 0.984. The third kappa shape index (κ3) is 3.52. The molecule has 4 N–H and O–H groups in total. The number of rotatable bonds is 5. The Hall–Kier alpha value is -2.38. The highest BCUT2D eigenvalue weighted by atomic mass is 32.2. The van der Waals surface area contributed by atoms with E-state index in [1.807, 2.05) is 24.3 Å². The number of aromatic carboxylic acids is 1. The van der Waals surface area contributed by atoms with Gasteiger partial charge in [0.05, 0.1) is 21.5 Å². The third-order valence-corrected chi connectivity index (χ3v) is 5.45. The SMILES string of the molecule is N=C(N)c1ccc(SCc2nc3cc(C(=O)O)ccc3s2)cc1. The van der Waals surface area contributed by atoms with Crippen LogP contribution in [0.5, 0.6) is 0 Å². The zero-order valence-electron chi connectivity index (χ0n) is 11.9. The van der Waals surface area contributed by atoms with Gasteiger partial charge in [0.1, 0.15) is 10.8 Å². The summed E-state index contributed by atoms with van der Waals surface area (Å²) in [6.45, 7) is 0. The summed E-state index contributed by atoms with van der Waals surface area (Å²) in [7, 11) is 0. The first kappa shape index (κ1) is 15.5. The second-order valence-corrected chi connectivity index (χ2v) is 6.99. The van der Waals surface area contributed by atoms with Crippen molar-refractivity contribution in [2.45, 2.75) is 10.6 Å². The lowest BCUT2D eigenvalue weighted by Gasteiger charge is -2.01. The fourth-order valence-corrected chi connectivity index (χ4v) is 3.88. The number of fused-ring (bicyclic) bond motifs is 1. The molecule has 3 aromatic rings. The molecule has 0 bridgehead atoms. The fourth-order valence-electron chi connectivity index (χ4n) is 2.05. The van der Waals surface area contributed by atoms with Gasteiger partial charge in [-0.2, -0.15) is 0 Å². The summed E-state index contributed by atoms with van der Waals surface area (Å²) >= 11 is 3.21. The van der Waals surface area contributed by atoms with Crippen LogP contribution in [0.2, 0.25) is 0 Å². The molecule has 0 saturated carbocycles. The van der Waals surface area contributed by atoms with Gasteiger partial charge in [0.15, 0.2) is 0 Å². The number of nitrogens with zero attached hydrogens (tertiary/aromatic N) is 1. The topological polar surface area (TPSA) is 100 Å². The van der Waals surface area contributed by atoms with Crippen molar-refractivity contribution < 1.29 is 9.90 Å². The van der Waals surface area contributed by atoms with E-state index in [1.54, 1.807) is 41.3 Å². The normalized spacial score (nSPS) is 10.8. The van der Waals surface area contributed by atoms with E-state index < -0.39 is 5.97 Å². The van der Waals surface area contributed by atoms with Crippen molar-refractivity contribution in [3.8, 4) is 0 Å². The van der Waals surface area contributed by atoms with E-state index in [0.29, 0.717) is 11.3 Å². The van der Waals surface area contributed by atoms with Gasteiger partial charge in [0, 0.05) is 10.5 Å². The summed E-state index contributed by atoms with van der Waals surface area (Å²) in [6, 6.07) is 12.5. The molecule has 0 spiro atoms. The largest absolute Gasteiger partial charge is 0.478 e. The number of carbonyl (C=O) groups is 1. The maximum atomic E-state index is 11.0. The van der Waals surface area contributed by atoms with Gasteiger partial charge in [0.25, 0.3) is 0 Å². The monoisotopic (exact) mass is 343 g/mol. The van der Waals surface area contributed by atoms with Crippen LogP contribution in [0, 0.1) is 5.41 Å². The first-order chi connectivity index (χ1) is 11.0. The van der Waals surface area contributed by atoms with Crippen LogP contribution in [0.1, 0.15) is 20.9 Å². The molecule has 0 unspecified atom stereocenters. The average Bonchev–Trinajstić information content (AvgIpc) is 2.95. The number of hydrogen-bond acceptors (Lipinski definition) is 5. The van der Waals surface area contributed by atoms with Crippen molar-refractivity contribution in [1.29, 1.82) is 5.41 Å². The van der Waals surface area contributed by atoms with Crippen LogP contribution < -0.4 is 5.73 Å². The number of carboxylic acids is 1. The summed E-state index contributed by atoms with van der Waals surface area (Å²) in [5.41, 5.74) is 7.11. The van der Waals surface area contributed by atoms with Gasteiger partial charge in [-0.25, -0.2) is 9.78 Å². The van der Waals surface area contributed by atoms with Crippen molar-refractivity contribution in [2.24, 2.45) is 5.73 Å². The summed E-state index contributed by atoms with van der Waals surface area (Å²) in [4.78, 5) is 16.6. The summed E-state index contributed by atoms with van der Waals surface area (Å²) in [5, 5.41) is 17.3. The second-order valence-electron chi connectivity index (χ2n) is 4.82. The maximum absolute atomic E-state index is 11.0. The number of nitrogens with one attached hydrogen (secondary N) is 1. The Balaban J connectivity index is 1.74. The van der Waals surface area contributed by atoms with Gasteiger partial charge in [-0.05, 0) is 30.3 Å². The highest BCUT2D eigenvalue weighted by Gasteiger charge is 2.09. The Bertz CT molecular complexity index is 888. The number of aromatic nitrogens is 1. The van der Waals surface area contributed by atoms with Gasteiger partial charge >= 0.3 is 5.97 Å². The number of thiazole rings is 1. The molecule has 116 valence electrons. The number of nitrogens with two attached hydrogens (primary N) is 1. The number of benzene rings is 2. The molecule has 23 heavy (non-hydrogen) atoms. The van der Waals surface area contributed by atoms with Gasteiger partial charge in [0.2, 0.25) is 0 Å². The van der Waals surface area contributed by atoms with Crippen LogP contribution in [0.15, 0.2) is 47.4 Å². The standard InChI is InChI=1S/C16H13N3O2S2/c17-15(18)9-1-4-11(5-2-9)22-8-14-19-12-7-10(16(20)21)3-6-13(12)23-14/h1-7H,8H2,(H3,17,18)(H,20,21). The van der Waals surface area contributed by atoms with E-state index in [0.717, 1.165) is 20.1 Å². The lowest BCUT2D eigenvalue weighted by molar-refractivity contribution is 0.0697. The molecule has 0 aliphatic carbocycles. The van der Waals surface area contributed by atoms with Gasteiger partial charge in [-0.15, -0.1) is 23.1 Å². The smallest absolute Gasteiger partial charge is 0.335 e. The predicted molar refractivity (Wildman–Crippen MR) is 93.6 cm³/mol. The summed E-state index contributed by atoms with van der Waals surface area (Å²) in [5.74, 6) is -0.176. The summed E-state index contributed by atoms with van der Waals surface area (Å²) in [6.07, 6.45) is 0. The lowest BCUT2D eigenvalue weighted by atomic mass is 10.2. The van der Waals surface area contributed by atoms with Crippen molar-refractivity contribution in [1.82, 2.24) is 4.98 Å². The highest BCUT2D eigenvalue weighted by molar-refractivity contribution is 7.98. The molecule has 1 heterocycles. The second kappa shape index (κ2) is 6.39. The van der Waals surface area contributed by atoms with Crippen LogP contribution in [0.25, 0.3) is 10.2 Å². The molecule has 0 saturated heterocycles. The van der Waals surface area contributed by atoms with Crippen molar-refractivity contribution >= 4 is 45.1 Å². The molecule has 5 nitrogen and oxygen atoms in total. The van der Waals surface area contributed by atoms with Crippen LogP contribution in [0.4, 0.5) is 0 Å². The Labute approximate surface area is 140 Å². The van der Waals surface area contributed by atoms with Gasteiger partial charge < -0.3 is 10.8 Å². The van der Waals surface area contributed by atoms with Crippen LogP contribution >= 0.6 is 23.1 Å². The zero-order chi connectivity index (χ0) is 16.4. The number of hydrogen-bond donors (Lipinski definition) is 3. The Morgan fingerprint density at radius 1 is 1.22 bits per heavy atom. The Morgan fingerprint density at radius 2 is 1.91 bits per heavy atom. The van der Waals surface area contributed by atoms with E-state index in [-0.39, 0.29) is 11.4 Å². The van der Waals surface area contributed by atoms with Crippen LogP contribution in [-0.2, 0) is 5.75 Å². The van der Waals surface area contributed by atoms with E-state index in [2.05, 4.69) is 4.98 Å². The Kier molecular flexibility index (Phi) is 4.31. The first-order valence-corrected chi connectivity index (χ1v) is 8.53. The molecule has 0 aliphatic rings. The van der Waals surface area contributed by atoms with Gasteiger partial charge in [-0.1, -0.05) is 12.1 Å². The number of carboxylic acid groups (broad SMARTS) is 1. The minimum atomic E-state index is -0.943. The fraction of sp³-hybridized carbons (Fsp3) is 0.0625. The quantitative estimate of drug-likeness (QED) is 0.373. The number of thioether (sulfide) groups is 1. The third-order valence-electron chi connectivity index (χ3n) is 3.21. The maximum Gasteiger partial charge on any atom is 0.335 e. The van der Waals surface area contributed by atoms with E-state index in [9.17, 15) is 4.79 Å². The van der Waals surface area contributed by atoms with Crippen LogP contribution in [-0.4, -0.2) is 21.9 Å². The molecule has 0 amide bonds. The molecular weight excluding hydrogens is 330 g/mol. The minimum absolute atomic E-state index is 0.0574. The highest BCUT2D eigenvalue weighted by Crippen LogP contribution is 2.29. The molecule has 0 fully saturated rings. The van der Waals surface area contributed by atoms with Crippen LogP contribution in [0.3, 0.4) is 0 Å². The number of amidine groups is 1. The van der Waals surface area contributed by atoms with Crippen molar-refractivity contribution in [3.63, 3.8) is 0 Å². The Morgan fingerprint density at radius 3 is 2.57 bits per heavy atom. The first-order valence-electron chi connectivity index (χ1n) is 6.73. The molecular formula is C16H13N3O2S2. The molecule has 0 radical (unpaired) electrons. The molecule has 1 aromatic heterocycles. The van der Waals surface area contributed by atoms with Crippen molar-refractivity contribution in [3.05, 3.63) is 58.6 Å². The predicted octanol–water partition coefficient (Wildman–Crippen LogP) is 3.57. The molecule has 7 heteroatoms. The minimum Gasteiger partial charge on any atom is -0.478 e. The van der Waals surface area contributed by atoms with E-state index in [4.69, 9.17) is 16.2 Å².